The molecule has 0 amide bonds. The first kappa shape index (κ1) is 39.5. The van der Waals surface area contributed by atoms with E-state index in [0.717, 1.165) is 57.3 Å². The van der Waals surface area contributed by atoms with Crippen LogP contribution in [0.4, 0.5) is 0 Å². The minimum atomic E-state index is -1.23. The van der Waals surface area contributed by atoms with Gasteiger partial charge < -0.3 is 14.4 Å². The number of rotatable bonds is 4. The maximum absolute atomic E-state index is 6.61. The van der Waals surface area contributed by atoms with Crippen molar-refractivity contribution in [3.8, 4) is 33.6 Å². The number of hydrogen-bond acceptors (Lipinski definition) is 3. The van der Waals surface area contributed by atoms with Gasteiger partial charge in [0.1, 0.15) is 5.58 Å². The number of aryl methyl sites for hydroxylation is 1. The Kier molecular flexibility index (Phi) is 11.4. The minimum absolute atomic E-state index is 0. The molecule has 3 aromatic heterocycles. The van der Waals surface area contributed by atoms with E-state index in [4.69, 9.17) is 9.40 Å². The van der Waals surface area contributed by atoms with Crippen molar-refractivity contribution < 1.29 is 24.5 Å². The van der Waals surface area contributed by atoms with Crippen molar-refractivity contribution >= 4 is 35.2 Å². The molecule has 0 bridgehead atoms. The monoisotopic (exact) mass is 905 g/mol. The number of benzene rings is 4. The van der Waals surface area contributed by atoms with Crippen molar-refractivity contribution in [2.45, 2.75) is 97.7 Å². The van der Waals surface area contributed by atoms with Crippen LogP contribution in [-0.4, -0.2) is 18.0 Å². The summed E-state index contributed by atoms with van der Waals surface area (Å²) in [5, 5.41) is 3.67. The van der Waals surface area contributed by atoms with Gasteiger partial charge in [0.15, 0.2) is 0 Å². The molecular weight excluding hydrogens is 853 g/mol. The zero-order valence-corrected chi connectivity index (χ0v) is 36.7. The maximum atomic E-state index is 6.61. The van der Waals surface area contributed by atoms with E-state index >= 15 is 0 Å². The van der Waals surface area contributed by atoms with Gasteiger partial charge in [-0.3, -0.25) is 0 Å². The fourth-order valence-corrected chi connectivity index (χ4v) is 8.22. The van der Waals surface area contributed by atoms with Crippen molar-refractivity contribution in [1.82, 2.24) is 9.97 Å². The summed E-state index contributed by atoms with van der Waals surface area (Å²) < 4.78 is 6.61. The van der Waals surface area contributed by atoms with Gasteiger partial charge in [0.05, 0.1) is 13.7 Å². The molecule has 3 nitrogen and oxygen atoms in total. The van der Waals surface area contributed by atoms with Crippen LogP contribution in [0.15, 0.2) is 108 Å². The molecule has 0 atom stereocenters. The zero-order valence-electron chi connectivity index (χ0n) is 33.3. The Bertz CT molecular complexity index is 2360. The van der Waals surface area contributed by atoms with Crippen LogP contribution in [0.5, 0.6) is 0 Å². The smallest absolute Gasteiger partial charge is 0.121 e. The number of furan rings is 1. The zero-order chi connectivity index (χ0) is 37.5. The van der Waals surface area contributed by atoms with Crippen molar-refractivity contribution in [1.29, 1.82) is 0 Å². The molecule has 7 aromatic rings. The average Bonchev–Trinajstić information content (AvgIpc) is 3.52. The predicted molar refractivity (Wildman–Crippen MR) is 227 cm³/mol. The van der Waals surface area contributed by atoms with E-state index in [1.54, 1.807) is 0 Å². The molecule has 5 heteroatoms. The topological polar surface area (TPSA) is 38.9 Å². The van der Waals surface area contributed by atoms with Gasteiger partial charge in [-0.2, -0.15) is 0 Å². The average molecular weight is 905 g/mol. The standard InChI is InChI=1S/C35H36NO.C14H16NSi.Ir/c1-34(2,3)25-18-24(19-26(21-25)35(4,5)6)23-14-15-28-29-12-9-13-30(33(29)37-31(28)20-23)32-27-11-8-7-10-22(27)16-17-36-32;1-16(2,3)13-9-10-14(15-11-13)12-7-5-4-6-8-12;/h9,12,14-21H,7-8,10-11H2,1-6H3;4-7,9-11H,1-3H3;/q2*-1;. The van der Waals surface area contributed by atoms with E-state index in [0.29, 0.717) is 0 Å². The van der Waals surface area contributed by atoms with Crippen LogP contribution in [0.2, 0.25) is 19.6 Å². The summed E-state index contributed by atoms with van der Waals surface area (Å²) in [7, 11) is -1.23. The Morgan fingerprint density at radius 2 is 1.43 bits per heavy atom. The van der Waals surface area contributed by atoms with E-state index < -0.39 is 8.07 Å². The summed E-state index contributed by atoms with van der Waals surface area (Å²) >= 11 is 0. The third-order valence-corrected chi connectivity index (χ3v) is 12.6. The molecule has 0 saturated carbocycles. The van der Waals surface area contributed by atoms with E-state index in [1.165, 1.54) is 51.4 Å². The van der Waals surface area contributed by atoms with Crippen LogP contribution in [0, 0.1) is 12.1 Å². The van der Waals surface area contributed by atoms with Gasteiger partial charge in [-0.25, -0.2) is 0 Å². The van der Waals surface area contributed by atoms with Crippen LogP contribution in [0.3, 0.4) is 0 Å². The van der Waals surface area contributed by atoms with Crippen LogP contribution in [-0.2, 0) is 43.8 Å². The van der Waals surface area contributed by atoms with Gasteiger partial charge >= 0.3 is 0 Å². The van der Waals surface area contributed by atoms with Gasteiger partial charge in [-0.05, 0) is 87.5 Å². The third kappa shape index (κ3) is 8.39. The third-order valence-electron chi connectivity index (χ3n) is 10.6. The van der Waals surface area contributed by atoms with E-state index in [2.05, 4.69) is 139 Å². The number of pyridine rings is 2. The molecule has 0 unspecified atom stereocenters. The SMILES string of the molecule is CC(C)(C)c1cc(-c2ccc3c(c2)oc2c(-c4nccc5c4CCCC5)[c-]ccc23)cc(C(C)(C)C)c1.C[Si](C)(C)c1ccc(-c2[c-]cccc2)nc1.[Ir]. The fourth-order valence-electron chi connectivity index (χ4n) is 7.19. The second-order valence-electron chi connectivity index (χ2n) is 17.7. The molecule has 0 aliphatic heterocycles. The number of hydrogen-bond donors (Lipinski definition) is 0. The molecule has 0 spiro atoms. The fraction of sp³-hybridized carbons (Fsp3) is 0.306. The first-order chi connectivity index (χ1) is 25.2. The summed E-state index contributed by atoms with van der Waals surface area (Å²) in [5.41, 5.74) is 14.0. The van der Waals surface area contributed by atoms with E-state index in [1.807, 2.05) is 42.7 Å². The molecule has 1 radical (unpaired) electrons. The largest absolute Gasteiger partial charge is 0.501 e. The molecule has 0 fully saturated rings. The van der Waals surface area contributed by atoms with Crippen molar-refractivity contribution in [2.24, 2.45) is 0 Å². The molecule has 8 rings (SSSR count). The molecule has 3 heterocycles. The van der Waals surface area contributed by atoms with Gasteiger partial charge in [0.2, 0.25) is 0 Å². The first-order valence-electron chi connectivity index (χ1n) is 19.1. The summed E-state index contributed by atoms with van der Waals surface area (Å²) in [5.74, 6) is 0. The van der Waals surface area contributed by atoms with E-state index in [-0.39, 0.29) is 30.9 Å². The van der Waals surface area contributed by atoms with Gasteiger partial charge in [0.25, 0.3) is 0 Å². The van der Waals surface area contributed by atoms with Gasteiger partial charge in [0, 0.05) is 37.9 Å². The van der Waals surface area contributed by atoms with Crippen LogP contribution in [0.1, 0.15) is 76.6 Å². The van der Waals surface area contributed by atoms with Gasteiger partial charge in [-0.15, -0.1) is 54.1 Å². The number of aromatic nitrogens is 2. The normalized spacial score (nSPS) is 13.2. The van der Waals surface area contributed by atoms with Crippen molar-refractivity contribution in [2.75, 3.05) is 0 Å². The molecule has 54 heavy (non-hydrogen) atoms. The van der Waals surface area contributed by atoms with Crippen LogP contribution >= 0.6 is 0 Å². The summed E-state index contributed by atoms with van der Waals surface area (Å²) in [6, 6.07) is 39.0. The molecule has 1 aliphatic carbocycles. The molecule has 1 aliphatic rings. The summed E-state index contributed by atoms with van der Waals surface area (Å²) in [4.78, 5) is 9.34. The summed E-state index contributed by atoms with van der Waals surface area (Å²) in [6.07, 6.45) is 8.65. The van der Waals surface area contributed by atoms with Crippen LogP contribution in [0.25, 0.3) is 55.6 Å². The van der Waals surface area contributed by atoms with Crippen molar-refractivity contribution in [3.05, 3.63) is 138 Å². The van der Waals surface area contributed by atoms with Crippen LogP contribution < -0.4 is 5.19 Å². The maximum Gasteiger partial charge on any atom is 0.121 e. The second-order valence-corrected chi connectivity index (χ2v) is 22.7. The van der Waals surface area contributed by atoms with Gasteiger partial charge in [-0.1, -0.05) is 126 Å². The molecule has 0 saturated heterocycles. The number of nitrogens with zero attached hydrogens (tertiary/aromatic N) is 2. The molecular formula is C49H52IrN2OSi-2. The Morgan fingerprint density at radius 3 is 2.07 bits per heavy atom. The predicted octanol–water partition coefficient (Wildman–Crippen LogP) is 12.7. The first-order valence-corrected chi connectivity index (χ1v) is 22.6. The Morgan fingerprint density at radius 1 is 0.685 bits per heavy atom. The molecule has 279 valence electrons. The molecule has 0 N–H and O–H groups in total. The minimum Gasteiger partial charge on any atom is -0.501 e. The molecule has 4 aromatic carbocycles. The van der Waals surface area contributed by atoms with E-state index in [9.17, 15) is 0 Å². The summed E-state index contributed by atoms with van der Waals surface area (Å²) in [6.45, 7) is 20.7. The van der Waals surface area contributed by atoms with Crippen molar-refractivity contribution in [3.63, 3.8) is 0 Å². The Balaban J connectivity index is 0.000000246. The second kappa shape index (κ2) is 15.5. The number of fused-ring (bicyclic) bond motifs is 4. The Hall–Kier alpha value is -4.15. The quantitative estimate of drug-likeness (QED) is 0.130. The Labute approximate surface area is 337 Å².